The molecule has 0 saturated heterocycles. The van der Waals surface area contributed by atoms with Gasteiger partial charge in [-0.1, -0.05) is 0 Å². The molecule has 0 aliphatic heterocycles. The van der Waals surface area contributed by atoms with E-state index in [1.165, 1.54) is 0 Å². The molecule has 0 unspecified atom stereocenters. The predicted octanol–water partition coefficient (Wildman–Crippen LogP) is 1.83. The highest BCUT2D eigenvalue weighted by molar-refractivity contribution is 5.61. The van der Waals surface area contributed by atoms with Crippen LogP contribution in [0.5, 0.6) is 0 Å². The molecule has 6 heteroatoms. The van der Waals surface area contributed by atoms with Crippen LogP contribution in [0.4, 0.5) is 8.78 Å². The second-order valence-corrected chi connectivity index (χ2v) is 3.53. The molecule has 0 bridgehead atoms. The summed E-state index contributed by atoms with van der Waals surface area (Å²) in [5, 5.41) is 9.43. The van der Waals surface area contributed by atoms with Gasteiger partial charge in [-0.2, -0.15) is 5.10 Å². The van der Waals surface area contributed by atoms with Crippen LogP contribution in [0.2, 0.25) is 0 Å². The highest BCUT2D eigenvalue weighted by Crippen LogP contribution is 2.19. The summed E-state index contributed by atoms with van der Waals surface area (Å²) >= 11 is 0. The number of aromatic nitrogens is 3. The fourth-order valence-corrected chi connectivity index (χ4v) is 1.52. The number of pyridine rings is 1. The number of halogens is 2. The van der Waals surface area contributed by atoms with Crippen molar-refractivity contribution in [1.82, 2.24) is 20.5 Å². The number of alkyl halides is 2. The number of nitrogens with one attached hydrogen (secondary N) is 2. The molecule has 2 aromatic rings. The average Bonchev–Trinajstić information content (AvgIpc) is 2.78. The first-order valence-electron chi connectivity index (χ1n) is 5.19. The number of hydrogen-bond donors (Lipinski definition) is 2. The fourth-order valence-electron chi connectivity index (χ4n) is 1.52. The van der Waals surface area contributed by atoms with E-state index in [-0.39, 0.29) is 6.54 Å². The second-order valence-electron chi connectivity index (χ2n) is 3.53. The molecule has 17 heavy (non-hydrogen) atoms. The molecular weight excluding hydrogens is 226 g/mol. The summed E-state index contributed by atoms with van der Waals surface area (Å²) in [4.78, 5) is 4.00. The molecule has 0 atom stereocenters. The minimum Gasteiger partial charge on any atom is -0.307 e. The molecule has 90 valence electrons. The van der Waals surface area contributed by atoms with E-state index in [1.807, 2.05) is 12.1 Å². The van der Waals surface area contributed by atoms with E-state index in [2.05, 4.69) is 20.5 Å². The maximum absolute atomic E-state index is 12.0. The standard InChI is InChI=1S/C11H12F2N4/c12-10(13)7-15-5-9-6-16-17-11(9)8-2-1-3-14-4-8/h1-4,6,10,15H,5,7H2,(H,16,17). The summed E-state index contributed by atoms with van der Waals surface area (Å²) in [6, 6.07) is 3.70. The Kier molecular flexibility index (Phi) is 3.77. The maximum Gasteiger partial charge on any atom is 0.250 e. The smallest absolute Gasteiger partial charge is 0.250 e. The van der Waals surface area contributed by atoms with Crippen molar-refractivity contribution in [2.24, 2.45) is 0 Å². The normalized spacial score (nSPS) is 11.0. The lowest BCUT2D eigenvalue weighted by atomic mass is 10.1. The van der Waals surface area contributed by atoms with Crippen molar-refractivity contribution in [2.75, 3.05) is 6.54 Å². The SMILES string of the molecule is FC(F)CNCc1cn[nH]c1-c1cccnc1. The predicted molar refractivity (Wildman–Crippen MR) is 59.5 cm³/mol. The molecule has 4 nitrogen and oxygen atoms in total. The monoisotopic (exact) mass is 238 g/mol. The van der Waals surface area contributed by atoms with Gasteiger partial charge in [-0.15, -0.1) is 0 Å². The maximum atomic E-state index is 12.0. The lowest BCUT2D eigenvalue weighted by Crippen LogP contribution is -2.20. The minimum atomic E-state index is -2.34. The quantitative estimate of drug-likeness (QED) is 0.835. The minimum absolute atomic E-state index is 0.322. The zero-order valence-electron chi connectivity index (χ0n) is 9.03. The van der Waals surface area contributed by atoms with Crippen molar-refractivity contribution in [3.63, 3.8) is 0 Å². The van der Waals surface area contributed by atoms with Gasteiger partial charge >= 0.3 is 0 Å². The van der Waals surface area contributed by atoms with Crippen LogP contribution < -0.4 is 5.32 Å². The summed E-state index contributed by atoms with van der Waals surface area (Å²) in [5.74, 6) is 0. The number of rotatable bonds is 5. The van der Waals surface area contributed by atoms with Crippen LogP contribution in [0.25, 0.3) is 11.3 Å². The number of hydrogen-bond acceptors (Lipinski definition) is 3. The third-order valence-corrected chi connectivity index (χ3v) is 2.28. The molecule has 0 fully saturated rings. The van der Waals surface area contributed by atoms with Crippen LogP contribution in [0.15, 0.2) is 30.7 Å². The van der Waals surface area contributed by atoms with Crippen LogP contribution in [-0.2, 0) is 6.54 Å². The van der Waals surface area contributed by atoms with Gasteiger partial charge in [-0.3, -0.25) is 10.1 Å². The topological polar surface area (TPSA) is 53.6 Å². The lowest BCUT2D eigenvalue weighted by molar-refractivity contribution is 0.145. The van der Waals surface area contributed by atoms with Gasteiger partial charge in [0.1, 0.15) is 0 Å². The van der Waals surface area contributed by atoms with Gasteiger partial charge in [-0.05, 0) is 12.1 Å². The van der Waals surface area contributed by atoms with Crippen molar-refractivity contribution in [3.05, 3.63) is 36.3 Å². The highest BCUT2D eigenvalue weighted by atomic mass is 19.3. The van der Waals surface area contributed by atoms with E-state index >= 15 is 0 Å². The molecule has 0 saturated carbocycles. The summed E-state index contributed by atoms with van der Waals surface area (Å²) in [6.45, 7) is 0.0305. The third-order valence-electron chi connectivity index (χ3n) is 2.28. The van der Waals surface area contributed by atoms with E-state index in [1.54, 1.807) is 18.6 Å². The van der Waals surface area contributed by atoms with E-state index in [0.29, 0.717) is 6.54 Å². The molecule has 2 N–H and O–H groups in total. The Morgan fingerprint density at radius 1 is 1.35 bits per heavy atom. The van der Waals surface area contributed by atoms with Crippen LogP contribution in [0, 0.1) is 0 Å². The van der Waals surface area contributed by atoms with Gasteiger partial charge in [-0.25, -0.2) is 8.78 Å². The largest absolute Gasteiger partial charge is 0.307 e. The Morgan fingerprint density at radius 3 is 2.94 bits per heavy atom. The molecule has 0 aliphatic carbocycles. The highest BCUT2D eigenvalue weighted by Gasteiger charge is 2.08. The molecule has 0 spiro atoms. The van der Waals surface area contributed by atoms with Gasteiger partial charge in [0.15, 0.2) is 0 Å². The van der Waals surface area contributed by atoms with Crippen LogP contribution in [0.3, 0.4) is 0 Å². The fraction of sp³-hybridized carbons (Fsp3) is 0.273. The molecule has 0 amide bonds. The Balaban J connectivity index is 2.07. The Hall–Kier alpha value is -1.82. The first kappa shape index (κ1) is 11.7. The zero-order chi connectivity index (χ0) is 12.1. The lowest BCUT2D eigenvalue weighted by Gasteiger charge is -2.04. The van der Waals surface area contributed by atoms with E-state index < -0.39 is 6.43 Å². The van der Waals surface area contributed by atoms with Gasteiger partial charge in [0.05, 0.1) is 18.4 Å². The molecule has 0 aromatic carbocycles. The third kappa shape index (κ3) is 3.07. The van der Waals surface area contributed by atoms with Crippen molar-refractivity contribution in [2.45, 2.75) is 13.0 Å². The van der Waals surface area contributed by atoms with Gasteiger partial charge in [0, 0.05) is 30.1 Å². The van der Waals surface area contributed by atoms with Gasteiger partial charge in [0.25, 0.3) is 6.43 Å². The second kappa shape index (κ2) is 5.49. The number of H-pyrrole nitrogens is 1. The molecule has 2 aromatic heterocycles. The molecular formula is C11H12F2N4. The van der Waals surface area contributed by atoms with Crippen molar-refractivity contribution in [1.29, 1.82) is 0 Å². The number of aromatic amines is 1. The summed E-state index contributed by atoms with van der Waals surface area (Å²) in [7, 11) is 0. The van der Waals surface area contributed by atoms with Gasteiger partial charge < -0.3 is 5.32 Å². The van der Waals surface area contributed by atoms with E-state index in [9.17, 15) is 8.78 Å². The van der Waals surface area contributed by atoms with E-state index in [0.717, 1.165) is 16.8 Å². The molecule has 2 rings (SSSR count). The molecule has 0 aliphatic rings. The summed E-state index contributed by atoms with van der Waals surface area (Å²) < 4.78 is 24.0. The van der Waals surface area contributed by atoms with Crippen molar-refractivity contribution < 1.29 is 8.78 Å². The van der Waals surface area contributed by atoms with Crippen molar-refractivity contribution >= 4 is 0 Å². The van der Waals surface area contributed by atoms with Crippen LogP contribution in [0.1, 0.15) is 5.56 Å². The van der Waals surface area contributed by atoms with E-state index in [4.69, 9.17) is 0 Å². The first-order chi connectivity index (χ1) is 8.27. The molecule has 2 heterocycles. The first-order valence-corrected chi connectivity index (χ1v) is 5.19. The van der Waals surface area contributed by atoms with Crippen LogP contribution >= 0.6 is 0 Å². The summed E-state index contributed by atoms with van der Waals surface area (Å²) in [5.41, 5.74) is 2.54. The Labute approximate surface area is 97.1 Å². The zero-order valence-corrected chi connectivity index (χ0v) is 9.03. The van der Waals surface area contributed by atoms with Crippen LogP contribution in [-0.4, -0.2) is 28.2 Å². The number of nitrogens with zero attached hydrogens (tertiary/aromatic N) is 2. The Bertz CT molecular complexity index is 456. The van der Waals surface area contributed by atoms with Crippen molar-refractivity contribution in [3.8, 4) is 11.3 Å². The van der Waals surface area contributed by atoms with Gasteiger partial charge in [0.2, 0.25) is 0 Å². The molecule has 0 radical (unpaired) electrons. The average molecular weight is 238 g/mol. The Morgan fingerprint density at radius 2 is 2.24 bits per heavy atom. The summed E-state index contributed by atoms with van der Waals surface area (Å²) in [6.07, 6.45) is 2.66.